The lowest BCUT2D eigenvalue weighted by molar-refractivity contribution is 0.416. The van der Waals surface area contributed by atoms with Crippen molar-refractivity contribution in [3.8, 4) is 5.75 Å². The quantitative estimate of drug-likeness (QED) is 0.881. The van der Waals surface area contributed by atoms with Crippen LogP contribution in [0.15, 0.2) is 29.6 Å². The summed E-state index contributed by atoms with van der Waals surface area (Å²) in [5.41, 5.74) is 2.08. The highest BCUT2D eigenvalue weighted by Gasteiger charge is 2.03. The number of aryl methyl sites for hydroxylation is 1. The summed E-state index contributed by atoms with van der Waals surface area (Å²) in [5.74, 6) is 0.860. The number of anilines is 1. The van der Waals surface area contributed by atoms with Crippen LogP contribution in [0, 0.1) is 0 Å². The Bertz CT molecular complexity index is 482. The van der Waals surface area contributed by atoms with Crippen LogP contribution in [0.25, 0.3) is 0 Å². The predicted octanol–water partition coefficient (Wildman–Crippen LogP) is 3.33. The van der Waals surface area contributed by atoms with Gasteiger partial charge in [0.1, 0.15) is 5.75 Å². The van der Waals surface area contributed by atoms with E-state index in [4.69, 9.17) is 4.74 Å². The standard InChI is InChI=1S/C13H16N2OS/c1-3-13-15-10(9-17-13)8-14-11-6-4-5-7-12(11)16-2/h4-7,9,14H,3,8H2,1-2H3. The number of ether oxygens (including phenoxy) is 1. The van der Waals surface area contributed by atoms with E-state index < -0.39 is 0 Å². The third kappa shape index (κ3) is 2.97. The van der Waals surface area contributed by atoms with E-state index >= 15 is 0 Å². The molecule has 0 amide bonds. The molecular weight excluding hydrogens is 232 g/mol. The lowest BCUT2D eigenvalue weighted by atomic mass is 10.3. The van der Waals surface area contributed by atoms with Gasteiger partial charge in [-0.1, -0.05) is 19.1 Å². The smallest absolute Gasteiger partial charge is 0.141 e. The van der Waals surface area contributed by atoms with Crippen molar-refractivity contribution in [2.24, 2.45) is 0 Å². The van der Waals surface area contributed by atoms with Gasteiger partial charge in [-0.05, 0) is 18.6 Å². The molecule has 0 bridgehead atoms. The van der Waals surface area contributed by atoms with Crippen molar-refractivity contribution in [3.63, 3.8) is 0 Å². The van der Waals surface area contributed by atoms with Crippen molar-refractivity contribution >= 4 is 17.0 Å². The van der Waals surface area contributed by atoms with Gasteiger partial charge in [-0.25, -0.2) is 4.98 Å². The first-order valence-corrected chi connectivity index (χ1v) is 6.51. The summed E-state index contributed by atoms with van der Waals surface area (Å²) >= 11 is 1.71. The minimum atomic E-state index is 0.733. The molecule has 0 unspecified atom stereocenters. The molecule has 0 aliphatic heterocycles. The van der Waals surface area contributed by atoms with Crippen LogP contribution in [0.3, 0.4) is 0 Å². The maximum Gasteiger partial charge on any atom is 0.141 e. The number of nitrogens with one attached hydrogen (secondary N) is 1. The van der Waals surface area contributed by atoms with Crippen molar-refractivity contribution in [3.05, 3.63) is 40.3 Å². The molecule has 1 aromatic heterocycles. The molecule has 0 atom stereocenters. The molecule has 0 radical (unpaired) electrons. The van der Waals surface area contributed by atoms with Crippen LogP contribution in [-0.2, 0) is 13.0 Å². The van der Waals surface area contributed by atoms with Gasteiger partial charge in [0.15, 0.2) is 0 Å². The summed E-state index contributed by atoms with van der Waals surface area (Å²) in [4.78, 5) is 4.51. The molecule has 0 aliphatic rings. The van der Waals surface area contributed by atoms with E-state index in [1.54, 1.807) is 18.4 Å². The van der Waals surface area contributed by atoms with E-state index in [1.807, 2.05) is 24.3 Å². The fourth-order valence-electron chi connectivity index (χ4n) is 1.57. The van der Waals surface area contributed by atoms with Crippen LogP contribution in [-0.4, -0.2) is 12.1 Å². The number of benzene rings is 1. The molecule has 0 fully saturated rings. The Morgan fingerprint density at radius 3 is 2.88 bits per heavy atom. The fourth-order valence-corrected chi connectivity index (χ4v) is 2.31. The molecule has 2 aromatic rings. The van der Waals surface area contributed by atoms with Gasteiger partial charge in [0.05, 0.1) is 30.0 Å². The number of hydrogen-bond donors (Lipinski definition) is 1. The SMILES string of the molecule is CCc1nc(CNc2ccccc2OC)cs1. The number of rotatable bonds is 5. The second-order valence-electron chi connectivity index (χ2n) is 3.64. The van der Waals surface area contributed by atoms with Crippen LogP contribution in [0.4, 0.5) is 5.69 Å². The zero-order valence-electron chi connectivity index (χ0n) is 10.1. The Balaban J connectivity index is 2.01. The maximum absolute atomic E-state index is 5.28. The van der Waals surface area contributed by atoms with Gasteiger partial charge in [-0.15, -0.1) is 11.3 Å². The summed E-state index contributed by atoms with van der Waals surface area (Å²) in [6, 6.07) is 7.90. The molecule has 0 saturated heterocycles. The van der Waals surface area contributed by atoms with Gasteiger partial charge in [0.25, 0.3) is 0 Å². The Labute approximate surface area is 105 Å². The zero-order valence-corrected chi connectivity index (χ0v) is 10.9. The normalized spacial score (nSPS) is 10.2. The van der Waals surface area contributed by atoms with Crippen LogP contribution in [0.1, 0.15) is 17.6 Å². The number of nitrogens with zero attached hydrogens (tertiary/aromatic N) is 1. The third-order valence-electron chi connectivity index (χ3n) is 2.47. The fraction of sp³-hybridized carbons (Fsp3) is 0.308. The third-order valence-corrected chi connectivity index (χ3v) is 3.51. The van der Waals surface area contributed by atoms with Crippen molar-refractivity contribution in [1.82, 2.24) is 4.98 Å². The zero-order chi connectivity index (χ0) is 12.1. The van der Waals surface area contributed by atoms with E-state index in [1.165, 1.54) is 5.01 Å². The average molecular weight is 248 g/mol. The van der Waals surface area contributed by atoms with Crippen molar-refractivity contribution in [2.75, 3.05) is 12.4 Å². The van der Waals surface area contributed by atoms with Gasteiger partial charge < -0.3 is 10.1 Å². The Morgan fingerprint density at radius 1 is 1.35 bits per heavy atom. The average Bonchev–Trinajstić information content (AvgIpc) is 2.84. The predicted molar refractivity (Wildman–Crippen MR) is 71.8 cm³/mol. The van der Waals surface area contributed by atoms with Crippen LogP contribution in [0.5, 0.6) is 5.75 Å². The van der Waals surface area contributed by atoms with Gasteiger partial charge in [-0.3, -0.25) is 0 Å². The van der Waals surface area contributed by atoms with E-state index in [0.29, 0.717) is 0 Å². The second-order valence-corrected chi connectivity index (χ2v) is 4.58. The highest BCUT2D eigenvalue weighted by molar-refractivity contribution is 7.09. The van der Waals surface area contributed by atoms with E-state index in [-0.39, 0.29) is 0 Å². The molecule has 1 N–H and O–H groups in total. The Morgan fingerprint density at radius 2 is 2.18 bits per heavy atom. The summed E-state index contributed by atoms with van der Waals surface area (Å²) in [6.07, 6.45) is 0.999. The lowest BCUT2D eigenvalue weighted by Gasteiger charge is -2.09. The van der Waals surface area contributed by atoms with Crippen molar-refractivity contribution in [1.29, 1.82) is 0 Å². The first kappa shape index (κ1) is 11.9. The monoisotopic (exact) mass is 248 g/mol. The van der Waals surface area contributed by atoms with Crippen molar-refractivity contribution in [2.45, 2.75) is 19.9 Å². The number of para-hydroxylation sites is 2. The number of thiazole rings is 1. The maximum atomic E-state index is 5.28. The van der Waals surface area contributed by atoms with Crippen LogP contribution < -0.4 is 10.1 Å². The molecule has 1 heterocycles. The molecule has 17 heavy (non-hydrogen) atoms. The number of methoxy groups -OCH3 is 1. The summed E-state index contributed by atoms with van der Waals surface area (Å²) < 4.78 is 5.28. The summed E-state index contributed by atoms with van der Waals surface area (Å²) in [6.45, 7) is 2.85. The van der Waals surface area contributed by atoms with Gasteiger partial charge >= 0.3 is 0 Å². The van der Waals surface area contributed by atoms with Crippen LogP contribution in [0.2, 0.25) is 0 Å². The highest BCUT2D eigenvalue weighted by atomic mass is 32.1. The second kappa shape index (κ2) is 5.68. The molecule has 1 aromatic carbocycles. The summed E-state index contributed by atoms with van der Waals surface area (Å²) in [5, 5.41) is 6.62. The number of aromatic nitrogens is 1. The molecule has 0 saturated carbocycles. The minimum absolute atomic E-state index is 0.733. The van der Waals surface area contributed by atoms with Gasteiger partial charge in [0.2, 0.25) is 0 Å². The van der Waals surface area contributed by atoms with Gasteiger partial charge in [-0.2, -0.15) is 0 Å². The summed E-state index contributed by atoms with van der Waals surface area (Å²) in [7, 11) is 1.68. The highest BCUT2D eigenvalue weighted by Crippen LogP contribution is 2.23. The first-order chi connectivity index (χ1) is 8.33. The molecule has 4 heteroatoms. The minimum Gasteiger partial charge on any atom is -0.495 e. The molecular formula is C13H16N2OS. The van der Waals surface area contributed by atoms with E-state index in [0.717, 1.165) is 30.1 Å². The van der Waals surface area contributed by atoms with Gasteiger partial charge in [0, 0.05) is 5.38 Å². The molecule has 2 rings (SSSR count). The van der Waals surface area contributed by atoms with E-state index in [2.05, 4.69) is 22.6 Å². The Hall–Kier alpha value is -1.55. The largest absolute Gasteiger partial charge is 0.495 e. The Kier molecular flexibility index (Phi) is 3.98. The molecule has 0 aliphatic carbocycles. The van der Waals surface area contributed by atoms with Crippen molar-refractivity contribution < 1.29 is 4.74 Å². The lowest BCUT2D eigenvalue weighted by Crippen LogP contribution is -2.01. The topological polar surface area (TPSA) is 34.2 Å². The number of hydrogen-bond acceptors (Lipinski definition) is 4. The first-order valence-electron chi connectivity index (χ1n) is 5.63. The van der Waals surface area contributed by atoms with E-state index in [9.17, 15) is 0 Å². The van der Waals surface area contributed by atoms with Crippen LogP contribution >= 0.6 is 11.3 Å². The molecule has 3 nitrogen and oxygen atoms in total. The molecule has 0 spiro atoms. The molecule has 90 valence electrons.